The van der Waals surface area contributed by atoms with Crippen molar-refractivity contribution in [2.75, 3.05) is 48.5 Å². The van der Waals surface area contributed by atoms with E-state index < -0.39 is 0 Å². The van der Waals surface area contributed by atoms with Crippen molar-refractivity contribution in [3.8, 4) is 0 Å². The van der Waals surface area contributed by atoms with Gasteiger partial charge in [-0.25, -0.2) is 4.98 Å². The van der Waals surface area contributed by atoms with Crippen molar-refractivity contribution in [1.29, 1.82) is 0 Å². The summed E-state index contributed by atoms with van der Waals surface area (Å²) in [5.74, 6) is 1.45. The SMILES string of the molecule is Cc1cc(Nc2ccccc2N2CCOCC2)nc(N(C)c2ccccc2)n1. The monoisotopic (exact) mass is 375 g/mol. The molecule has 0 spiro atoms. The second-order valence-electron chi connectivity index (χ2n) is 6.83. The van der Waals surface area contributed by atoms with Crippen LogP contribution >= 0.6 is 0 Å². The van der Waals surface area contributed by atoms with Gasteiger partial charge in [-0.05, 0) is 31.2 Å². The molecule has 1 aliphatic rings. The number of rotatable bonds is 5. The first kappa shape index (κ1) is 18.3. The van der Waals surface area contributed by atoms with Gasteiger partial charge in [-0.1, -0.05) is 30.3 Å². The second-order valence-corrected chi connectivity index (χ2v) is 6.83. The van der Waals surface area contributed by atoms with Gasteiger partial charge in [-0.15, -0.1) is 0 Å². The Balaban J connectivity index is 1.62. The smallest absolute Gasteiger partial charge is 0.231 e. The molecule has 1 N–H and O–H groups in total. The Bertz CT molecular complexity index is 925. The van der Waals surface area contributed by atoms with Crippen molar-refractivity contribution >= 4 is 28.8 Å². The minimum absolute atomic E-state index is 0.664. The maximum absolute atomic E-state index is 5.49. The third-order valence-electron chi connectivity index (χ3n) is 4.80. The van der Waals surface area contributed by atoms with E-state index in [9.17, 15) is 0 Å². The molecule has 0 saturated carbocycles. The molecule has 0 bridgehead atoms. The van der Waals surface area contributed by atoms with Crippen LogP contribution in [0.3, 0.4) is 0 Å². The van der Waals surface area contributed by atoms with Crippen molar-refractivity contribution < 1.29 is 4.74 Å². The Morgan fingerprint density at radius 2 is 1.68 bits per heavy atom. The molecule has 2 heterocycles. The number of aryl methyl sites for hydroxylation is 1. The summed E-state index contributed by atoms with van der Waals surface area (Å²) in [5, 5.41) is 3.50. The van der Waals surface area contributed by atoms with Crippen LogP contribution in [0.4, 0.5) is 28.8 Å². The van der Waals surface area contributed by atoms with Crippen LogP contribution in [-0.4, -0.2) is 43.3 Å². The molecule has 1 aliphatic heterocycles. The molecule has 2 aromatic carbocycles. The van der Waals surface area contributed by atoms with Crippen molar-refractivity contribution in [3.63, 3.8) is 0 Å². The highest BCUT2D eigenvalue weighted by Crippen LogP contribution is 2.30. The van der Waals surface area contributed by atoms with Crippen LogP contribution in [0.5, 0.6) is 0 Å². The Hall–Kier alpha value is -3.12. The van der Waals surface area contributed by atoms with E-state index in [1.807, 2.05) is 61.3 Å². The van der Waals surface area contributed by atoms with Crippen LogP contribution in [0, 0.1) is 6.92 Å². The van der Waals surface area contributed by atoms with E-state index in [1.165, 1.54) is 5.69 Å². The van der Waals surface area contributed by atoms with Crippen molar-refractivity contribution in [3.05, 3.63) is 66.4 Å². The Kier molecular flexibility index (Phi) is 5.39. The number of aromatic nitrogens is 2. The zero-order chi connectivity index (χ0) is 19.3. The maximum atomic E-state index is 5.49. The van der Waals surface area contributed by atoms with Gasteiger partial charge in [0.2, 0.25) is 5.95 Å². The third-order valence-corrected chi connectivity index (χ3v) is 4.80. The first-order valence-corrected chi connectivity index (χ1v) is 9.54. The van der Waals surface area contributed by atoms with Crippen molar-refractivity contribution in [1.82, 2.24) is 9.97 Å². The fourth-order valence-corrected chi connectivity index (χ4v) is 3.33. The summed E-state index contributed by atoms with van der Waals surface area (Å²) in [4.78, 5) is 13.7. The minimum atomic E-state index is 0.664. The highest BCUT2D eigenvalue weighted by molar-refractivity contribution is 5.75. The Labute approximate surface area is 165 Å². The van der Waals surface area contributed by atoms with Gasteiger partial charge in [0.05, 0.1) is 24.6 Å². The largest absolute Gasteiger partial charge is 0.378 e. The molecular formula is C22H25N5O. The summed E-state index contributed by atoms with van der Waals surface area (Å²) >= 11 is 0. The number of para-hydroxylation sites is 3. The molecule has 0 radical (unpaired) electrons. The molecule has 0 amide bonds. The van der Waals surface area contributed by atoms with E-state index in [2.05, 4.69) is 33.4 Å². The average Bonchev–Trinajstić information content (AvgIpc) is 2.74. The summed E-state index contributed by atoms with van der Waals surface area (Å²) in [6.45, 7) is 5.29. The lowest BCUT2D eigenvalue weighted by molar-refractivity contribution is 0.123. The van der Waals surface area contributed by atoms with Gasteiger partial charge in [-0.3, -0.25) is 0 Å². The topological polar surface area (TPSA) is 53.5 Å². The number of ether oxygens (including phenoxy) is 1. The van der Waals surface area contributed by atoms with E-state index in [4.69, 9.17) is 9.72 Å². The highest BCUT2D eigenvalue weighted by Gasteiger charge is 2.15. The molecule has 0 aliphatic carbocycles. The van der Waals surface area contributed by atoms with Gasteiger partial charge in [0, 0.05) is 37.6 Å². The molecule has 3 aromatic rings. The average molecular weight is 375 g/mol. The Morgan fingerprint density at radius 1 is 0.964 bits per heavy atom. The van der Waals surface area contributed by atoms with Crippen LogP contribution < -0.4 is 15.1 Å². The van der Waals surface area contributed by atoms with Crippen molar-refractivity contribution in [2.45, 2.75) is 6.92 Å². The van der Waals surface area contributed by atoms with Gasteiger partial charge >= 0.3 is 0 Å². The number of hydrogen-bond donors (Lipinski definition) is 1. The molecule has 6 nitrogen and oxygen atoms in total. The fourth-order valence-electron chi connectivity index (χ4n) is 3.33. The summed E-state index contributed by atoms with van der Waals surface area (Å²) in [6, 6.07) is 20.4. The third kappa shape index (κ3) is 4.07. The predicted octanol–water partition coefficient (Wildman–Crippen LogP) is 4.13. The van der Waals surface area contributed by atoms with Crippen LogP contribution in [-0.2, 0) is 4.74 Å². The minimum Gasteiger partial charge on any atom is -0.378 e. The van der Waals surface area contributed by atoms with Crippen molar-refractivity contribution in [2.24, 2.45) is 0 Å². The van der Waals surface area contributed by atoms with Gasteiger partial charge in [-0.2, -0.15) is 4.98 Å². The molecular weight excluding hydrogens is 350 g/mol. The van der Waals surface area contributed by atoms with Gasteiger partial charge in [0.15, 0.2) is 0 Å². The standard InChI is InChI=1S/C22H25N5O/c1-17-16-21(25-22(23-17)26(2)18-8-4-3-5-9-18)24-19-10-6-7-11-20(19)27-12-14-28-15-13-27/h3-11,16H,12-15H2,1-2H3,(H,23,24,25). The van der Waals surface area contributed by atoms with Crippen LogP contribution in [0.1, 0.15) is 5.69 Å². The van der Waals surface area contributed by atoms with E-state index >= 15 is 0 Å². The van der Waals surface area contributed by atoms with Crippen LogP contribution in [0.25, 0.3) is 0 Å². The Morgan fingerprint density at radius 3 is 2.46 bits per heavy atom. The highest BCUT2D eigenvalue weighted by atomic mass is 16.5. The number of morpholine rings is 1. The molecule has 28 heavy (non-hydrogen) atoms. The van der Waals surface area contributed by atoms with E-state index in [1.54, 1.807) is 0 Å². The zero-order valence-electron chi connectivity index (χ0n) is 16.3. The van der Waals surface area contributed by atoms with Gasteiger partial charge in [0.1, 0.15) is 5.82 Å². The van der Waals surface area contributed by atoms with E-state index in [-0.39, 0.29) is 0 Å². The van der Waals surface area contributed by atoms with Crippen LogP contribution in [0.15, 0.2) is 60.7 Å². The predicted molar refractivity (Wildman–Crippen MR) is 114 cm³/mol. The molecule has 0 atom stereocenters. The number of hydrogen-bond acceptors (Lipinski definition) is 6. The first-order valence-electron chi connectivity index (χ1n) is 9.54. The zero-order valence-corrected chi connectivity index (χ0v) is 16.3. The van der Waals surface area contributed by atoms with E-state index in [0.717, 1.165) is 49.2 Å². The molecule has 0 unspecified atom stereocenters. The lowest BCUT2D eigenvalue weighted by Gasteiger charge is -2.30. The summed E-state index contributed by atoms with van der Waals surface area (Å²) in [6.07, 6.45) is 0. The molecule has 1 saturated heterocycles. The molecule has 1 fully saturated rings. The summed E-state index contributed by atoms with van der Waals surface area (Å²) in [7, 11) is 1.98. The second kappa shape index (κ2) is 8.27. The number of nitrogens with zero attached hydrogens (tertiary/aromatic N) is 4. The van der Waals surface area contributed by atoms with Gasteiger partial charge in [0.25, 0.3) is 0 Å². The summed E-state index contributed by atoms with van der Waals surface area (Å²) < 4.78 is 5.49. The fraction of sp³-hybridized carbons (Fsp3) is 0.273. The van der Waals surface area contributed by atoms with E-state index in [0.29, 0.717) is 5.95 Å². The molecule has 1 aromatic heterocycles. The molecule has 4 rings (SSSR count). The quantitative estimate of drug-likeness (QED) is 0.724. The molecule has 6 heteroatoms. The molecule has 144 valence electrons. The van der Waals surface area contributed by atoms with Crippen LogP contribution in [0.2, 0.25) is 0 Å². The number of benzene rings is 2. The number of anilines is 5. The first-order chi connectivity index (χ1) is 13.7. The maximum Gasteiger partial charge on any atom is 0.231 e. The van der Waals surface area contributed by atoms with Gasteiger partial charge < -0.3 is 19.9 Å². The normalized spacial score (nSPS) is 14.0. The lowest BCUT2D eigenvalue weighted by Crippen LogP contribution is -2.36. The summed E-state index contributed by atoms with van der Waals surface area (Å²) in [5.41, 5.74) is 4.17. The lowest BCUT2D eigenvalue weighted by atomic mass is 10.2. The number of nitrogens with one attached hydrogen (secondary N) is 1.